The molecule has 0 spiro atoms. The van der Waals surface area contributed by atoms with Gasteiger partial charge in [-0.25, -0.2) is 9.97 Å². The third-order valence-corrected chi connectivity index (χ3v) is 3.95. The quantitative estimate of drug-likeness (QED) is 0.890. The molecule has 5 nitrogen and oxygen atoms in total. The van der Waals surface area contributed by atoms with E-state index < -0.39 is 0 Å². The van der Waals surface area contributed by atoms with Crippen LogP contribution in [0.15, 0.2) is 17.6 Å². The number of aryl methyl sites for hydroxylation is 1. The number of hydrogen-bond donors (Lipinski definition) is 2. The van der Waals surface area contributed by atoms with E-state index in [1.807, 2.05) is 12.3 Å². The number of rotatable bonds is 5. The molecule has 7 heteroatoms. The van der Waals surface area contributed by atoms with E-state index in [4.69, 9.17) is 11.6 Å². The van der Waals surface area contributed by atoms with Crippen LogP contribution in [-0.4, -0.2) is 29.5 Å². The molecule has 0 fully saturated rings. The molecule has 0 aromatic carbocycles. The van der Waals surface area contributed by atoms with E-state index in [9.17, 15) is 4.79 Å². The molecule has 2 heterocycles. The fourth-order valence-electron chi connectivity index (χ4n) is 1.65. The van der Waals surface area contributed by atoms with Crippen LogP contribution >= 0.6 is 22.9 Å². The van der Waals surface area contributed by atoms with E-state index in [-0.39, 0.29) is 5.91 Å². The van der Waals surface area contributed by atoms with Crippen LogP contribution in [0.2, 0.25) is 5.02 Å². The number of nitrogens with zero attached hydrogens (tertiary/aromatic N) is 2. The lowest BCUT2D eigenvalue weighted by Crippen LogP contribution is -2.25. The number of hydrogen-bond acceptors (Lipinski definition) is 5. The van der Waals surface area contributed by atoms with Crippen LogP contribution in [0.25, 0.3) is 0 Å². The molecule has 0 unspecified atom stereocenters. The van der Waals surface area contributed by atoms with Crippen LogP contribution in [-0.2, 0) is 6.42 Å². The number of carbonyl (C=O) groups is 1. The van der Waals surface area contributed by atoms with E-state index in [2.05, 4.69) is 20.6 Å². The van der Waals surface area contributed by atoms with E-state index in [0.717, 1.165) is 17.1 Å². The number of pyridine rings is 1. The summed E-state index contributed by atoms with van der Waals surface area (Å²) in [6, 6.07) is 1.60. The normalized spacial score (nSPS) is 10.3. The topological polar surface area (TPSA) is 66.9 Å². The van der Waals surface area contributed by atoms with Gasteiger partial charge in [0.05, 0.1) is 15.6 Å². The van der Waals surface area contributed by atoms with Gasteiger partial charge in [-0.15, -0.1) is 11.3 Å². The van der Waals surface area contributed by atoms with Gasteiger partial charge in [-0.05, 0) is 13.0 Å². The van der Waals surface area contributed by atoms with Crippen LogP contribution in [0.1, 0.15) is 21.1 Å². The van der Waals surface area contributed by atoms with Crippen LogP contribution in [0.3, 0.4) is 0 Å². The van der Waals surface area contributed by atoms with Gasteiger partial charge in [0.25, 0.3) is 5.91 Å². The third kappa shape index (κ3) is 3.68. The van der Waals surface area contributed by atoms with E-state index >= 15 is 0 Å². The van der Waals surface area contributed by atoms with Gasteiger partial charge in [-0.2, -0.15) is 0 Å². The summed E-state index contributed by atoms with van der Waals surface area (Å²) < 4.78 is 0. The number of halogens is 1. The van der Waals surface area contributed by atoms with Crippen molar-refractivity contribution in [3.05, 3.63) is 38.9 Å². The van der Waals surface area contributed by atoms with Gasteiger partial charge in [0, 0.05) is 37.3 Å². The van der Waals surface area contributed by atoms with Gasteiger partial charge in [0.1, 0.15) is 5.82 Å². The summed E-state index contributed by atoms with van der Waals surface area (Å²) in [6.45, 7) is 2.49. The largest absolute Gasteiger partial charge is 0.372 e. The molecule has 106 valence electrons. The van der Waals surface area contributed by atoms with Crippen LogP contribution in [0.5, 0.6) is 0 Å². The van der Waals surface area contributed by atoms with Crippen LogP contribution in [0, 0.1) is 6.92 Å². The highest BCUT2D eigenvalue weighted by Gasteiger charge is 2.09. The zero-order chi connectivity index (χ0) is 14.5. The fraction of sp³-hybridized carbons (Fsp3) is 0.308. The summed E-state index contributed by atoms with van der Waals surface area (Å²) in [5.74, 6) is 0.372. The Bertz CT molecular complexity index is 614. The lowest BCUT2D eigenvalue weighted by Gasteiger charge is -2.06. The van der Waals surface area contributed by atoms with Crippen molar-refractivity contribution in [2.75, 3.05) is 18.9 Å². The second-order valence-corrected chi connectivity index (χ2v) is 5.54. The summed E-state index contributed by atoms with van der Waals surface area (Å²) in [4.78, 5) is 20.4. The van der Waals surface area contributed by atoms with Crippen molar-refractivity contribution < 1.29 is 4.79 Å². The van der Waals surface area contributed by atoms with Crippen molar-refractivity contribution >= 4 is 34.7 Å². The number of amides is 1. The highest BCUT2D eigenvalue weighted by atomic mass is 35.5. The standard InChI is InChI=1S/C13H15ClN4OS/c1-8-7-20-11(18-8)3-4-16-13(19)9-5-10(14)12(15-2)17-6-9/h5-7H,3-4H2,1-2H3,(H,15,17)(H,16,19). The number of nitrogens with one attached hydrogen (secondary N) is 2. The summed E-state index contributed by atoms with van der Waals surface area (Å²) >= 11 is 7.59. The molecule has 2 rings (SSSR count). The third-order valence-electron chi connectivity index (χ3n) is 2.63. The molecule has 0 aliphatic heterocycles. The maximum absolute atomic E-state index is 11.9. The van der Waals surface area contributed by atoms with Crippen molar-refractivity contribution in [3.63, 3.8) is 0 Å². The van der Waals surface area contributed by atoms with Gasteiger partial charge >= 0.3 is 0 Å². The van der Waals surface area contributed by atoms with Crippen molar-refractivity contribution in [1.82, 2.24) is 15.3 Å². The Balaban J connectivity index is 1.90. The number of anilines is 1. The van der Waals surface area contributed by atoms with E-state index in [0.29, 0.717) is 22.9 Å². The predicted molar refractivity (Wildman–Crippen MR) is 81.7 cm³/mol. The first-order chi connectivity index (χ1) is 9.60. The second kappa shape index (κ2) is 6.67. The minimum atomic E-state index is -0.185. The first kappa shape index (κ1) is 14.7. The monoisotopic (exact) mass is 310 g/mol. The van der Waals surface area contributed by atoms with Crippen molar-refractivity contribution in [2.45, 2.75) is 13.3 Å². The molecular weight excluding hydrogens is 296 g/mol. The molecule has 0 atom stereocenters. The number of thiazole rings is 1. The minimum Gasteiger partial charge on any atom is -0.372 e. The molecule has 0 saturated carbocycles. The average molecular weight is 311 g/mol. The Hall–Kier alpha value is -1.66. The Morgan fingerprint density at radius 3 is 2.90 bits per heavy atom. The summed E-state index contributed by atoms with van der Waals surface area (Å²) in [5.41, 5.74) is 1.46. The Labute approximate surface area is 126 Å². The number of carbonyl (C=O) groups excluding carboxylic acids is 1. The summed E-state index contributed by atoms with van der Waals surface area (Å²) in [7, 11) is 1.73. The predicted octanol–water partition coefficient (Wildman–Crippen LogP) is 2.51. The molecule has 0 radical (unpaired) electrons. The van der Waals surface area contributed by atoms with Crippen molar-refractivity contribution in [3.8, 4) is 0 Å². The molecule has 2 N–H and O–H groups in total. The van der Waals surface area contributed by atoms with Crippen molar-refractivity contribution in [1.29, 1.82) is 0 Å². The molecule has 2 aromatic rings. The van der Waals surface area contributed by atoms with E-state index in [1.165, 1.54) is 6.20 Å². The summed E-state index contributed by atoms with van der Waals surface area (Å²) in [5, 5.41) is 9.12. The Morgan fingerprint density at radius 2 is 2.30 bits per heavy atom. The molecule has 0 bridgehead atoms. The molecule has 2 aromatic heterocycles. The first-order valence-corrected chi connectivity index (χ1v) is 7.38. The highest BCUT2D eigenvalue weighted by Crippen LogP contribution is 2.19. The smallest absolute Gasteiger partial charge is 0.252 e. The zero-order valence-electron chi connectivity index (χ0n) is 11.2. The fourth-order valence-corrected chi connectivity index (χ4v) is 2.69. The van der Waals surface area contributed by atoms with E-state index in [1.54, 1.807) is 24.5 Å². The second-order valence-electron chi connectivity index (χ2n) is 4.19. The highest BCUT2D eigenvalue weighted by molar-refractivity contribution is 7.09. The zero-order valence-corrected chi connectivity index (χ0v) is 12.8. The maximum atomic E-state index is 11.9. The molecule has 20 heavy (non-hydrogen) atoms. The molecule has 0 aliphatic carbocycles. The van der Waals surface area contributed by atoms with Gasteiger partial charge in [-0.1, -0.05) is 11.6 Å². The van der Waals surface area contributed by atoms with Crippen molar-refractivity contribution in [2.24, 2.45) is 0 Å². The van der Waals surface area contributed by atoms with Gasteiger partial charge < -0.3 is 10.6 Å². The minimum absolute atomic E-state index is 0.185. The average Bonchev–Trinajstić information content (AvgIpc) is 2.84. The Morgan fingerprint density at radius 1 is 1.50 bits per heavy atom. The number of aromatic nitrogens is 2. The molecular formula is C13H15ClN4OS. The SMILES string of the molecule is CNc1ncc(C(=O)NCCc2nc(C)cs2)cc1Cl. The molecule has 1 amide bonds. The lowest BCUT2D eigenvalue weighted by molar-refractivity contribution is 0.0954. The first-order valence-electron chi connectivity index (χ1n) is 6.12. The molecule has 0 aliphatic rings. The maximum Gasteiger partial charge on any atom is 0.252 e. The Kier molecular flexibility index (Phi) is 4.92. The van der Waals surface area contributed by atoms with Gasteiger partial charge in [0.2, 0.25) is 0 Å². The van der Waals surface area contributed by atoms with Gasteiger partial charge in [0.15, 0.2) is 0 Å². The molecule has 0 saturated heterocycles. The van der Waals surface area contributed by atoms with Gasteiger partial charge in [-0.3, -0.25) is 4.79 Å². The summed E-state index contributed by atoms with van der Waals surface area (Å²) in [6.07, 6.45) is 2.22. The lowest BCUT2D eigenvalue weighted by atomic mass is 10.2. The van der Waals surface area contributed by atoms with Crippen LogP contribution < -0.4 is 10.6 Å². The van der Waals surface area contributed by atoms with Crippen LogP contribution in [0.4, 0.5) is 5.82 Å².